The van der Waals surface area contributed by atoms with E-state index >= 15 is 0 Å². The number of likely N-dealkylation sites (N-methyl/N-ethyl adjacent to an activating group) is 1. The SMILES string of the molecule is Cc1cc(N2CCN(C)CC2)cc([C@@H]2CCN(C(=O)c3ccnn3C(C)C)C2)n1. The molecule has 2 aromatic rings. The first-order valence-electron chi connectivity index (χ1n) is 10.7. The Hall–Kier alpha value is -2.41. The number of hydrogen-bond donors (Lipinski definition) is 0. The van der Waals surface area contributed by atoms with Crippen LogP contribution in [-0.4, -0.2) is 76.8 Å². The monoisotopic (exact) mass is 396 g/mol. The number of carbonyl (C=O) groups excluding carboxylic acids is 1. The third kappa shape index (κ3) is 4.15. The molecule has 156 valence electrons. The summed E-state index contributed by atoms with van der Waals surface area (Å²) in [6.07, 6.45) is 2.67. The second-order valence-electron chi connectivity index (χ2n) is 8.67. The maximum atomic E-state index is 13.1. The van der Waals surface area contributed by atoms with Gasteiger partial charge in [-0.2, -0.15) is 5.10 Å². The lowest BCUT2D eigenvalue weighted by atomic mass is 10.0. The quantitative estimate of drug-likeness (QED) is 0.795. The van der Waals surface area contributed by atoms with Crippen molar-refractivity contribution in [3.05, 3.63) is 41.5 Å². The predicted molar refractivity (Wildman–Crippen MR) is 115 cm³/mol. The highest BCUT2D eigenvalue weighted by molar-refractivity contribution is 5.92. The summed E-state index contributed by atoms with van der Waals surface area (Å²) in [5.41, 5.74) is 4.12. The third-order valence-corrected chi connectivity index (χ3v) is 6.10. The molecule has 0 aromatic carbocycles. The van der Waals surface area contributed by atoms with Crippen LogP contribution in [0.3, 0.4) is 0 Å². The van der Waals surface area contributed by atoms with Crippen LogP contribution < -0.4 is 4.90 Å². The molecule has 0 bridgehead atoms. The van der Waals surface area contributed by atoms with E-state index in [2.05, 4.69) is 41.0 Å². The summed E-state index contributed by atoms with van der Waals surface area (Å²) in [5, 5.41) is 4.31. The van der Waals surface area contributed by atoms with Crippen LogP contribution in [0.2, 0.25) is 0 Å². The third-order valence-electron chi connectivity index (χ3n) is 6.10. The molecular weight excluding hydrogens is 364 g/mol. The van der Waals surface area contributed by atoms with Crippen molar-refractivity contribution in [2.24, 2.45) is 0 Å². The van der Waals surface area contributed by atoms with E-state index in [1.165, 1.54) is 5.69 Å². The number of aryl methyl sites for hydroxylation is 1. The number of carbonyl (C=O) groups is 1. The first-order valence-corrected chi connectivity index (χ1v) is 10.7. The molecule has 4 heterocycles. The summed E-state index contributed by atoms with van der Waals surface area (Å²) >= 11 is 0. The fourth-order valence-electron chi connectivity index (χ4n) is 4.38. The standard InChI is InChI=1S/C22H32N6O/c1-16(2)28-21(5-7-23-28)22(29)27-8-6-18(15-27)20-14-19(13-17(3)24-20)26-11-9-25(4)10-12-26/h5,7,13-14,16,18H,6,8-12,15H2,1-4H3/t18-/m1/s1. The average Bonchev–Trinajstić information content (AvgIpc) is 3.37. The number of pyridine rings is 1. The Labute approximate surface area is 173 Å². The van der Waals surface area contributed by atoms with Gasteiger partial charge in [-0.05, 0) is 52.4 Å². The molecular formula is C22H32N6O. The van der Waals surface area contributed by atoms with Gasteiger partial charge in [0.05, 0.1) is 0 Å². The van der Waals surface area contributed by atoms with Crippen LogP contribution in [0.4, 0.5) is 5.69 Å². The maximum absolute atomic E-state index is 13.1. The van der Waals surface area contributed by atoms with Gasteiger partial charge in [0.15, 0.2) is 0 Å². The zero-order valence-electron chi connectivity index (χ0n) is 18.0. The highest BCUT2D eigenvalue weighted by atomic mass is 16.2. The molecule has 7 heteroatoms. The van der Waals surface area contributed by atoms with Crippen LogP contribution in [0, 0.1) is 6.92 Å². The van der Waals surface area contributed by atoms with Gasteiger partial charge in [-0.15, -0.1) is 0 Å². The molecule has 2 saturated heterocycles. The zero-order chi connectivity index (χ0) is 20.5. The fourth-order valence-corrected chi connectivity index (χ4v) is 4.38. The van der Waals surface area contributed by atoms with Crippen molar-refractivity contribution in [2.75, 3.05) is 51.2 Å². The highest BCUT2D eigenvalue weighted by Gasteiger charge is 2.31. The fraction of sp³-hybridized carbons (Fsp3) is 0.591. The van der Waals surface area contributed by atoms with Crippen molar-refractivity contribution in [1.82, 2.24) is 24.6 Å². The van der Waals surface area contributed by atoms with Gasteiger partial charge in [0, 0.05) is 74.5 Å². The highest BCUT2D eigenvalue weighted by Crippen LogP contribution is 2.30. The summed E-state index contributed by atoms with van der Waals surface area (Å²) in [6, 6.07) is 6.43. The van der Waals surface area contributed by atoms with Gasteiger partial charge in [0.1, 0.15) is 5.69 Å². The van der Waals surface area contributed by atoms with Crippen LogP contribution in [0.25, 0.3) is 0 Å². The summed E-state index contributed by atoms with van der Waals surface area (Å²) in [5.74, 6) is 0.367. The van der Waals surface area contributed by atoms with Crippen molar-refractivity contribution in [2.45, 2.75) is 39.2 Å². The number of likely N-dealkylation sites (tertiary alicyclic amines) is 1. The van der Waals surface area contributed by atoms with Gasteiger partial charge in [0.25, 0.3) is 5.91 Å². The van der Waals surface area contributed by atoms with Crippen LogP contribution in [0.1, 0.15) is 54.1 Å². The number of rotatable bonds is 4. The van der Waals surface area contributed by atoms with Crippen LogP contribution in [-0.2, 0) is 0 Å². The first kappa shape index (κ1) is 19.9. The minimum Gasteiger partial charge on any atom is -0.369 e. The second-order valence-corrected chi connectivity index (χ2v) is 8.67. The summed E-state index contributed by atoms with van der Waals surface area (Å²) in [4.78, 5) is 24.7. The van der Waals surface area contributed by atoms with E-state index in [0.29, 0.717) is 11.6 Å². The van der Waals surface area contributed by atoms with Gasteiger partial charge in [-0.1, -0.05) is 0 Å². The lowest BCUT2D eigenvalue weighted by Gasteiger charge is -2.34. The summed E-state index contributed by atoms with van der Waals surface area (Å²) < 4.78 is 1.81. The minimum absolute atomic E-state index is 0.0747. The topological polar surface area (TPSA) is 57.5 Å². The Morgan fingerprint density at radius 3 is 2.62 bits per heavy atom. The number of amides is 1. The van der Waals surface area contributed by atoms with Crippen molar-refractivity contribution in [1.29, 1.82) is 0 Å². The molecule has 0 spiro atoms. The molecule has 0 N–H and O–H groups in total. The van der Waals surface area contributed by atoms with E-state index in [-0.39, 0.29) is 11.9 Å². The number of hydrogen-bond acceptors (Lipinski definition) is 5. The molecule has 2 aromatic heterocycles. The molecule has 2 aliphatic rings. The molecule has 2 fully saturated rings. The second kappa shape index (κ2) is 8.14. The number of anilines is 1. The Morgan fingerprint density at radius 2 is 1.90 bits per heavy atom. The van der Waals surface area contributed by atoms with Crippen LogP contribution in [0.15, 0.2) is 24.4 Å². The predicted octanol–water partition coefficient (Wildman–Crippen LogP) is 2.55. The number of nitrogens with zero attached hydrogens (tertiary/aromatic N) is 6. The van der Waals surface area contributed by atoms with E-state index < -0.39 is 0 Å². The average molecular weight is 397 g/mol. The van der Waals surface area contributed by atoms with Gasteiger partial charge in [-0.25, -0.2) is 0 Å². The normalized spacial score (nSPS) is 20.7. The number of piperazine rings is 1. The lowest BCUT2D eigenvalue weighted by molar-refractivity contribution is 0.0776. The smallest absolute Gasteiger partial charge is 0.272 e. The Morgan fingerprint density at radius 1 is 1.14 bits per heavy atom. The van der Waals surface area contributed by atoms with Gasteiger partial charge in [0.2, 0.25) is 0 Å². The Balaban J connectivity index is 1.49. The largest absolute Gasteiger partial charge is 0.369 e. The van der Waals surface area contributed by atoms with Crippen molar-refractivity contribution < 1.29 is 4.79 Å². The van der Waals surface area contributed by atoms with E-state index in [0.717, 1.165) is 57.1 Å². The molecule has 7 nitrogen and oxygen atoms in total. The van der Waals surface area contributed by atoms with Crippen LogP contribution >= 0.6 is 0 Å². The zero-order valence-corrected chi connectivity index (χ0v) is 18.0. The molecule has 29 heavy (non-hydrogen) atoms. The number of aromatic nitrogens is 3. The minimum atomic E-state index is 0.0747. The molecule has 1 atom stereocenters. The lowest BCUT2D eigenvalue weighted by Crippen LogP contribution is -2.44. The summed E-state index contributed by atoms with van der Waals surface area (Å²) in [7, 11) is 2.18. The van der Waals surface area contributed by atoms with Crippen molar-refractivity contribution in [3.8, 4) is 0 Å². The summed E-state index contributed by atoms with van der Waals surface area (Å²) in [6.45, 7) is 11.9. The van der Waals surface area contributed by atoms with E-state index in [1.54, 1.807) is 6.20 Å². The molecule has 0 saturated carbocycles. The molecule has 2 aliphatic heterocycles. The maximum Gasteiger partial charge on any atom is 0.272 e. The van der Waals surface area contributed by atoms with Gasteiger partial charge < -0.3 is 14.7 Å². The first-order chi connectivity index (χ1) is 13.9. The molecule has 0 unspecified atom stereocenters. The Bertz CT molecular complexity index is 868. The van der Waals surface area contributed by atoms with Gasteiger partial charge in [-0.3, -0.25) is 14.5 Å². The van der Waals surface area contributed by atoms with Gasteiger partial charge >= 0.3 is 0 Å². The Kier molecular flexibility index (Phi) is 5.58. The molecule has 4 rings (SSSR count). The van der Waals surface area contributed by atoms with E-state index in [4.69, 9.17) is 4.98 Å². The molecule has 1 amide bonds. The van der Waals surface area contributed by atoms with Crippen molar-refractivity contribution in [3.63, 3.8) is 0 Å². The molecule has 0 aliphatic carbocycles. The molecule has 0 radical (unpaired) electrons. The van der Waals surface area contributed by atoms with E-state index in [9.17, 15) is 4.79 Å². The van der Waals surface area contributed by atoms with Crippen molar-refractivity contribution >= 4 is 11.6 Å². The van der Waals surface area contributed by atoms with E-state index in [1.807, 2.05) is 29.5 Å². The van der Waals surface area contributed by atoms with Crippen LogP contribution in [0.5, 0.6) is 0 Å².